The molecule has 0 aliphatic carbocycles. The van der Waals surface area contributed by atoms with Crippen molar-refractivity contribution in [3.8, 4) is 0 Å². The topological polar surface area (TPSA) is 27.7 Å². The number of hydrogen-bond acceptors (Lipinski definition) is 3. The van der Waals surface area contributed by atoms with E-state index in [0.717, 1.165) is 51.4 Å². The van der Waals surface area contributed by atoms with Crippen molar-refractivity contribution in [2.45, 2.75) is 155 Å². The third-order valence-corrected chi connectivity index (χ3v) is 6.71. The van der Waals surface area contributed by atoms with Crippen LogP contribution in [0.15, 0.2) is 0 Å². The fraction of sp³-hybridized carbons (Fsp3) is 1.00. The minimum atomic E-state index is -1.31. The average Bonchev–Trinajstić information content (AvgIpc) is 2.67. The molecular weight excluding hydrogens is 398 g/mol. The maximum absolute atomic E-state index is 14.3. The van der Waals surface area contributed by atoms with Crippen molar-refractivity contribution in [3.63, 3.8) is 0 Å². The van der Waals surface area contributed by atoms with E-state index in [2.05, 4.69) is 27.7 Å². The summed E-state index contributed by atoms with van der Waals surface area (Å²) < 4.78 is 46.9. The van der Waals surface area contributed by atoms with E-state index in [1.807, 2.05) is 0 Å². The normalized spacial score (nSPS) is 32.1. The lowest BCUT2D eigenvalue weighted by Gasteiger charge is -2.48. The molecular formula is C26H48F2O3. The highest BCUT2D eigenvalue weighted by molar-refractivity contribution is 4.84. The van der Waals surface area contributed by atoms with Crippen molar-refractivity contribution in [2.75, 3.05) is 0 Å². The van der Waals surface area contributed by atoms with Gasteiger partial charge in [0.1, 0.15) is 0 Å². The van der Waals surface area contributed by atoms with Gasteiger partial charge >= 0.3 is 0 Å². The minimum Gasteiger partial charge on any atom is -0.318 e. The predicted octanol–water partition coefficient (Wildman–Crippen LogP) is 8.60. The maximum atomic E-state index is 14.3. The van der Waals surface area contributed by atoms with Gasteiger partial charge in [-0.3, -0.25) is 0 Å². The standard InChI is InChI=1S/C26H48F2O3/c1-21(2)13-7-5-9-17-25(19-11-15-23(27)29-25)31-26(20-12-16-24(28)30-26)18-10-6-8-14-22(3)4/h21-24H,5-20H2,1-4H3. The molecule has 2 fully saturated rings. The lowest BCUT2D eigenvalue weighted by Crippen LogP contribution is -2.53. The molecule has 3 nitrogen and oxygen atoms in total. The second kappa shape index (κ2) is 13.4. The molecule has 0 bridgehead atoms. The Morgan fingerprint density at radius 3 is 1.48 bits per heavy atom. The first-order valence-electron chi connectivity index (χ1n) is 13.1. The van der Waals surface area contributed by atoms with E-state index in [1.54, 1.807) is 0 Å². The Morgan fingerprint density at radius 1 is 0.710 bits per heavy atom. The van der Waals surface area contributed by atoms with E-state index in [1.165, 1.54) is 12.8 Å². The van der Waals surface area contributed by atoms with E-state index < -0.39 is 24.3 Å². The molecule has 0 spiro atoms. The monoisotopic (exact) mass is 446 g/mol. The molecule has 0 radical (unpaired) electrons. The molecule has 31 heavy (non-hydrogen) atoms. The fourth-order valence-electron chi connectivity index (χ4n) is 4.97. The molecule has 0 aromatic rings. The van der Waals surface area contributed by atoms with Gasteiger partial charge in [-0.1, -0.05) is 66.2 Å². The van der Waals surface area contributed by atoms with Gasteiger partial charge in [0.2, 0.25) is 12.7 Å². The molecule has 4 atom stereocenters. The molecule has 0 N–H and O–H groups in total. The lowest BCUT2D eigenvalue weighted by molar-refractivity contribution is -0.415. The Kier molecular flexibility index (Phi) is 11.7. The first-order chi connectivity index (χ1) is 14.7. The van der Waals surface area contributed by atoms with Gasteiger partial charge in [-0.05, 0) is 37.5 Å². The maximum Gasteiger partial charge on any atom is 0.201 e. The number of ether oxygens (including phenoxy) is 3. The van der Waals surface area contributed by atoms with Crippen LogP contribution in [0.2, 0.25) is 0 Å². The van der Waals surface area contributed by atoms with Crippen LogP contribution in [0, 0.1) is 11.8 Å². The van der Waals surface area contributed by atoms with Crippen LogP contribution in [0.25, 0.3) is 0 Å². The summed E-state index contributed by atoms with van der Waals surface area (Å²) in [6.45, 7) is 8.95. The molecule has 2 aliphatic rings. The minimum absolute atomic E-state index is 0.410. The predicted molar refractivity (Wildman–Crippen MR) is 122 cm³/mol. The zero-order chi connectivity index (χ0) is 22.7. The molecule has 0 aromatic heterocycles. The van der Waals surface area contributed by atoms with Gasteiger partial charge in [-0.25, -0.2) is 8.78 Å². The highest BCUT2D eigenvalue weighted by Crippen LogP contribution is 2.44. The van der Waals surface area contributed by atoms with Crippen LogP contribution >= 0.6 is 0 Å². The zero-order valence-electron chi connectivity index (χ0n) is 20.6. The number of rotatable bonds is 14. The molecule has 2 aliphatic heterocycles. The molecule has 184 valence electrons. The van der Waals surface area contributed by atoms with Crippen LogP contribution in [0.4, 0.5) is 8.78 Å². The van der Waals surface area contributed by atoms with Gasteiger partial charge in [-0.15, -0.1) is 0 Å². The summed E-state index contributed by atoms with van der Waals surface area (Å²) in [5.74, 6) is -0.570. The summed E-state index contributed by atoms with van der Waals surface area (Å²) in [4.78, 5) is 0. The molecule has 2 heterocycles. The highest BCUT2D eigenvalue weighted by atomic mass is 19.1. The Morgan fingerprint density at radius 2 is 1.13 bits per heavy atom. The van der Waals surface area contributed by atoms with Gasteiger partial charge in [-0.2, -0.15) is 0 Å². The van der Waals surface area contributed by atoms with Crippen molar-refractivity contribution < 1.29 is 23.0 Å². The van der Waals surface area contributed by atoms with Gasteiger partial charge in [0, 0.05) is 38.5 Å². The van der Waals surface area contributed by atoms with Crippen LogP contribution in [-0.4, -0.2) is 24.3 Å². The molecule has 2 saturated heterocycles. The Hall–Kier alpha value is -0.260. The van der Waals surface area contributed by atoms with Gasteiger partial charge in [0.25, 0.3) is 0 Å². The lowest BCUT2D eigenvalue weighted by atomic mass is 9.93. The van der Waals surface area contributed by atoms with Crippen LogP contribution in [0.5, 0.6) is 0 Å². The Bertz CT molecular complexity index is 445. The first kappa shape index (κ1) is 27.0. The molecule has 5 heteroatoms. The Balaban J connectivity index is 2.01. The highest BCUT2D eigenvalue weighted by Gasteiger charge is 2.48. The van der Waals surface area contributed by atoms with Crippen LogP contribution in [-0.2, 0) is 14.2 Å². The number of hydrogen-bond donors (Lipinski definition) is 0. The summed E-state index contributed by atoms with van der Waals surface area (Å²) in [5, 5.41) is 0. The van der Waals surface area contributed by atoms with E-state index >= 15 is 0 Å². The van der Waals surface area contributed by atoms with E-state index in [-0.39, 0.29) is 0 Å². The molecule has 4 unspecified atom stereocenters. The van der Waals surface area contributed by atoms with Crippen LogP contribution in [0.3, 0.4) is 0 Å². The molecule has 0 aromatic carbocycles. The van der Waals surface area contributed by atoms with Crippen LogP contribution < -0.4 is 0 Å². The quantitative estimate of drug-likeness (QED) is 0.250. The SMILES string of the molecule is CC(C)CCCCCC1(OC2(CCCCCC(C)C)CCCC(F)O2)CCCC(F)O1. The van der Waals surface area contributed by atoms with Crippen molar-refractivity contribution in [2.24, 2.45) is 11.8 Å². The Labute approximate surface area is 190 Å². The van der Waals surface area contributed by atoms with E-state index in [0.29, 0.717) is 50.4 Å². The summed E-state index contributed by atoms with van der Waals surface area (Å²) in [5.41, 5.74) is 0. The second-order valence-corrected chi connectivity index (χ2v) is 10.8. The second-order valence-electron chi connectivity index (χ2n) is 10.8. The summed E-state index contributed by atoms with van der Waals surface area (Å²) >= 11 is 0. The third-order valence-electron chi connectivity index (χ3n) is 6.71. The number of unbranched alkanes of at least 4 members (excludes halogenated alkanes) is 4. The van der Waals surface area contributed by atoms with E-state index in [4.69, 9.17) is 14.2 Å². The summed E-state index contributed by atoms with van der Waals surface area (Å²) in [6.07, 6.45) is 11.1. The van der Waals surface area contributed by atoms with Crippen molar-refractivity contribution in [3.05, 3.63) is 0 Å². The van der Waals surface area contributed by atoms with Crippen molar-refractivity contribution >= 4 is 0 Å². The number of alkyl halides is 2. The van der Waals surface area contributed by atoms with E-state index in [9.17, 15) is 8.78 Å². The van der Waals surface area contributed by atoms with Crippen molar-refractivity contribution in [1.82, 2.24) is 0 Å². The van der Waals surface area contributed by atoms with Gasteiger partial charge < -0.3 is 14.2 Å². The smallest absolute Gasteiger partial charge is 0.201 e. The van der Waals surface area contributed by atoms with Gasteiger partial charge in [0.15, 0.2) is 11.6 Å². The number of halogens is 2. The molecule has 0 amide bonds. The summed E-state index contributed by atoms with van der Waals surface area (Å²) in [7, 11) is 0. The zero-order valence-corrected chi connectivity index (χ0v) is 20.6. The summed E-state index contributed by atoms with van der Waals surface area (Å²) in [6, 6.07) is 0. The molecule has 0 saturated carbocycles. The average molecular weight is 447 g/mol. The third kappa shape index (κ3) is 10.0. The molecule has 2 rings (SSSR count). The van der Waals surface area contributed by atoms with Crippen LogP contribution in [0.1, 0.15) is 130 Å². The first-order valence-corrected chi connectivity index (χ1v) is 13.1. The van der Waals surface area contributed by atoms with Gasteiger partial charge in [0.05, 0.1) is 0 Å². The largest absolute Gasteiger partial charge is 0.318 e. The fourth-order valence-corrected chi connectivity index (χ4v) is 4.97. The van der Waals surface area contributed by atoms with Crippen molar-refractivity contribution in [1.29, 1.82) is 0 Å².